The SMILES string of the molecule is C[C@@H](N)[C@@H]1CCCN(C(=O)c2cccn2CCc2ccccc2)C1. The molecule has 1 aliphatic heterocycles. The maximum absolute atomic E-state index is 12.9. The molecule has 1 amide bonds. The second-order valence-corrected chi connectivity index (χ2v) is 6.84. The quantitative estimate of drug-likeness (QED) is 0.919. The molecule has 0 aliphatic carbocycles. The van der Waals surface area contributed by atoms with E-state index in [1.165, 1.54) is 5.56 Å². The predicted octanol–water partition coefficient (Wildman–Crippen LogP) is 2.93. The Balaban J connectivity index is 1.66. The van der Waals surface area contributed by atoms with Gasteiger partial charge in [-0.25, -0.2) is 0 Å². The predicted molar refractivity (Wildman–Crippen MR) is 96.9 cm³/mol. The van der Waals surface area contributed by atoms with Gasteiger partial charge >= 0.3 is 0 Å². The Morgan fingerprint density at radius 3 is 2.79 bits per heavy atom. The van der Waals surface area contributed by atoms with Crippen molar-refractivity contribution in [2.45, 2.75) is 38.8 Å². The van der Waals surface area contributed by atoms with Gasteiger partial charge in [0.1, 0.15) is 5.69 Å². The van der Waals surface area contributed by atoms with Crippen molar-refractivity contribution in [2.24, 2.45) is 11.7 Å². The van der Waals surface area contributed by atoms with Crippen LogP contribution in [0.4, 0.5) is 0 Å². The molecule has 4 heteroatoms. The fraction of sp³-hybridized carbons (Fsp3) is 0.450. The first-order chi connectivity index (χ1) is 11.6. The van der Waals surface area contributed by atoms with Crippen molar-refractivity contribution >= 4 is 5.91 Å². The van der Waals surface area contributed by atoms with E-state index >= 15 is 0 Å². The van der Waals surface area contributed by atoms with Crippen LogP contribution >= 0.6 is 0 Å². The highest BCUT2D eigenvalue weighted by atomic mass is 16.2. The average Bonchev–Trinajstić information content (AvgIpc) is 3.09. The molecule has 1 fully saturated rings. The first-order valence-electron chi connectivity index (χ1n) is 8.89. The molecule has 24 heavy (non-hydrogen) atoms. The molecule has 2 heterocycles. The van der Waals surface area contributed by atoms with Crippen molar-refractivity contribution in [3.8, 4) is 0 Å². The lowest BCUT2D eigenvalue weighted by Gasteiger charge is -2.34. The molecule has 2 atom stereocenters. The third-order valence-corrected chi connectivity index (χ3v) is 5.02. The zero-order valence-electron chi connectivity index (χ0n) is 14.4. The molecule has 1 aromatic heterocycles. The van der Waals surface area contributed by atoms with E-state index < -0.39 is 0 Å². The van der Waals surface area contributed by atoms with Crippen LogP contribution < -0.4 is 5.73 Å². The number of rotatable bonds is 5. The Morgan fingerprint density at radius 2 is 2.04 bits per heavy atom. The topological polar surface area (TPSA) is 51.3 Å². The highest BCUT2D eigenvalue weighted by Crippen LogP contribution is 2.21. The fourth-order valence-corrected chi connectivity index (χ4v) is 3.48. The Morgan fingerprint density at radius 1 is 1.25 bits per heavy atom. The van der Waals surface area contributed by atoms with Crippen LogP contribution in [-0.2, 0) is 13.0 Å². The van der Waals surface area contributed by atoms with Crippen molar-refractivity contribution in [3.05, 3.63) is 59.9 Å². The van der Waals surface area contributed by atoms with Crippen LogP contribution in [0.1, 0.15) is 35.8 Å². The molecule has 1 aliphatic rings. The van der Waals surface area contributed by atoms with Gasteiger partial charge in [0.05, 0.1) is 0 Å². The minimum atomic E-state index is 0.137. The molecular weight excluding hydrogens is 298 g/mol. The van der Waals surface area contributed by atoms with E-state index in [0.717, 1.165) is 44.6 Å². The summed E-state index contributed by atoms with van der Waals surface area (Å²) in [5.41, 5.74) is 8.13. The summed E-state index contributed by atoms with van der Waals surface area (Å²) in [4.78, 5) is 14.9. The van der Waals surface area contributed by atoms with Gasteiger partial charge in [-0.15, -0.1) is 0 Å². The number of benzene rings is 1. The first kappa shape index (κ1) is 16.8. The van der Waals surface area contributed by atoms with E-state index in [1.54, 1.807) is 0 Å². The monoisotopic (exact) mass is 325 g/mol. The standard InChI is InChI=1S/C20H27N3O/c1-16(21)18-9-5-13-23(15-18)20(24)19-10-6-12-22(19)14-11-17-7-3-2-4-8-17/h2-4,6-8,10,12,16,18H,5,9,11,13-15,21H2,1H3/t16-,18-/m1/s1. The maximum atomic E-state index is 12.9. The first-order valence-corrected chi connectivity index (χ1v) is 8.89. The summed E-state index contributed by atoms with van der Waals surface area (Å²) in [6.45, 7) is 4.48. The number of aryl methyl sites for hydroxylation is 2. The number of nitrogens with two attached hydrogens (primary N) is 1. The largest absolute Gasteiger partial charge is 0.343 e. The van der Waals surface area contributed by atoms with E-state index in [2.05, 4.69) is 28.8 Å². The normalized spacial score (nSPS) is 19.2. The second-order valence-electron chi connectivity index (χ2n) is 6.84. The van der Waals surface area contributed by atoms with Gasteiger partial charge < -0.3 is 15.2 Å². The van der Waals surface area contributed by atoms with Crippen molar-refractivity contribution in [1.29, 1.82) is 0 Å². The maximum Gasteiger partial charge on any atom is 0.270 e. The van der Waals surface area contributed by atoms with Gasteiger partial charge in [-0.1, -0.05) is 30.3 Å². The van der Waals surface area contributed by atoms with E-state index in [-0.39, 0.29) is 11.9 Å². The van der Waals surface area contributed by atoms with Gasteiger partial charge in [0.2, 0.25) is 0 Å². The lowest BCUT2D eigenvalue weighted by Crippen LogP contribution is -2.45. The summed E-state index contributed by atoms with van der Waals surface area (Å²) in [5, 5.41) is 0. The molecule has 2 N–H and O–H groups in total. The molecule has 2 aromatic rings. The van der Waals surface area contributed by atoms with Crippen molar-refractivity contribution in [1.82, 2.24) is 9.47 Å². The van der Waals surface area contributed by atoms with Crippen molar-refractivity contribution in [3.63, 3.8) is 0 Å². The highest BCUT2D eigenvalue weighted by Gasteiger charge is 2.27. The van der Waals surface area contributed by atoms with Gasteiger partial charge in [0, 0.05) is 31.9 Å². The molecule has 0 radical (unpaired) electrons. The highest BCUT2D eigenvalue weighted by molar-refractivity contribution is 5.92. The number of carbonyl (C=O) groups excluding carboxylic acids is 1. The average molecular weight is 325 g/mol. The number of hydrogen-bond acceptors (Lipinski definition) is 2. The summed E-state index contributed by atoms with van der Waals surface area (Å²) >= 11 is 0. The molecule has 0 bridgehead atoms. The number of carbonyl (C=O) groups is 1. The number of aromatic nitrogens is 1. The van der Waals surface area contributed by atoms with E-state index in [0.29, 0.717) is 5.92 Å². The van der Waals surface area contributed by atoms with Crippen LogP contribution in [0.5, 0.6) is 0 Å². The van der Waals surface area contributed by atoms with Gasteiger partial charge in [-0.05, 0) is 49.8 Å². The zero-order valence-corrected chi connectivity index (χ0v) is 14.4. The molecule has 3 rings (SSSR count). The Bertz CT molecular complexity index is 663. The lowest BCUT2D eigenvalue weighted by molar-refractivity contribution is 0.0650. The molecule has 128 valence electrons. The fourth-order valence-electron chi connectivity index (χ4n) is 3.48. The molecule has 1 saturated heterocycles. The van der Waals surface area contributed by atoms with Crippen LogP contribution in [0.2, 0.25) is 0 Å². The van der Waals surface area contributed by atoms with Gasteiger partial charge in [0.25, 0.3) is 5.91 Å². The smallest absolute Gasteiger partial charge is 0.270 e. The van der Waals surface area contributed by atoms with Crippen LogP contribution in [0.15, 0.2) is 48.7 Å². The van der Waals surface area contributed by atoms with Crippen molar-refractivity contribution in [2.75, 3.05) is 13.1 Å². The molecule has 1 aromatic carbocycles. The molecule has 4 nitrogen and oxygen atoms in total. The van der Waals surface area contributed by atoms with E-state index in [1.807, 2.05) is 36.2 Å². The summed E-state index contributed by atoms with van der Waals surface area (Å²) in [5.74, 6) is 0.550. The minimum Gasteiger partial charge on any atom is -0.343 e. The summed E-state index contributed by atoms with van der Waals surface area (Å²) in [6, 6.07) is 14.4. The Labute approximate surface area is 144 Å². The Kier molecular flexibility index (Phi) is 5.36. The minimum absolute atomic E-state index is 0.137. The van der Waals surface area contributed by atoms with Crippen LogP contribution in [0.3, 0.4) is 0 Å². The molecule has 0 spiro atoms. The van der Waals surface area contributed by atoms with Gasteiger partial charge in [-0.3, -0.25) is 4.79 Å². The third-order valence-electron chi connectivity index (χ3n) is 5.02. The third kappa shape index (κ3) is 3.88. The van der Waals surface area contributed by atoms with Crippen LogP contribution in [0, 0.1) is 5.92 Å². The summed E-state index contributed by atoms with van der Waals surface area (Å²) in [6.07, 6.45) is 5.10. The van der Waals surface area contributed by atoms with Gasteiger partial charge in [-0.2, -0.15) is 0 Å². The lowest BCUT2D eigenvalue weighted by atomic mass is 9.92. The Hall–Kier alpha value is -2.07. The zero-order chi connectivity index (χ0) is 16.9. The number of amides is 1. The van der Waals surface area contributed by atoms with E-state index in [4.69, 9.17) is 5.73 Å². The van der Waals surface area contributed by atoms with Gasteiger partial charge in [0.15, 0.2) is 0 Å². The molecule has 0 unspecified atom stereocenters. The van der Waals surface area contributed by atoms with E-state index in [9.17, 15) is 4.79 Å². The molecular formula is C20H27N3O. The molecule has 0 saturated carbocycles. The number of piperidine rings is 1. The number of hydrogen-bond donors (Lipinski definition) is 1. The van der Waals surface area contributed by atoms with Crippen LogP contribution in [-0.4, -0.2) is 34.5 Å². The second kappa shape index (κ2) is 7.67. The van der Waals surface area contributed by atoms with Crippen LogP contribution in [0.25, 0.3) is 0 Å². The summed E-state index contributed by atoms with van der Waals surface area (Å²) < 4.78 is 2.07. The summed E-state index contributed by atoms with van der Waals surface area (Å²) in [7, 11) is 0. The van der Waals surface area contributed by atoms with Crippen molar-refractivity contribution < 1.29 is 4.79 Å². The number of nitrogens with zero attached hydrogens (tertiary/aromatic N) is 2. The number of likely N-dealkylation sites (tertiary alicyclic amines) is 1.